The molecule has 1 N–H and O–H groups in total. The first kappa shape index (κ1) is 18.4. The lowest BCUT2D eigenvalue weighted by atomic mass is 9.98. The standard InChI is InChI=1S/C19H18ClN3O5/c1-27-15-5-4-11(20)9-13(15)23-18(25)14-10-12(6-7-22(14)19(23)26)21-17(24)16-3-2-8-28-16/h2-5,8-9,12,14H,6-7,10H2,1H3,(H,21,24)/t12-,14+/m0/s1. The van der Waals surface area contributed by atoms with Crippen molar-refractivity contribution in [3.05, 3.63) is 47.4 Å². The molecule has 2 saturated heterocycles. The number of fused-ring (bicyclic) bond motifs is 1. The second kappa shape index (κ2) is 7.20. The molecule has 0 spiro atoms. The van der Waals surface area contributed by atoms with E-state index in [9.17, 15) is 14.4 Å². The Bertz CT molecular complexity index is 930. The smallest absolute Gasteiger partial charge is 0.332 e. The van der Waals surface area contributed by atoms with Gasteiger partial charge in [0.05, 0.1) is 19.1 Å². The highest BCUT2D eigenvalue weighted by Gasteiger charge is 2.49. The van der Waals surface area contributed by atoms with Crippen LogP contribution in [0.1, 0.15) is 23.4 Å². The van der Waals surface area contributed by atoms with E-state index < -0.39 is 12.1 Å². The fraction of sp³-hybridized carbons (Fsp3) is 0.316. The Morgan fingerprint density at radius 1 is 1.32 bits per heavy atom. The van der Waals surface area contributed by atoms with Gasteiger partial charge in [-0.1, -0.05) is 11.6 Å². The lowest BCUT2D eigenvalue weighted by Crippen LogP contribution is -2.49. The van der Waals surface area contributed by atoms with Gasteiger partial charge in [-0.3, -0.25) is 9.59 Å². The highest BCUT2D eigenvalue weighted by molar-refractivity contribution is 6.31. The van der Waals surface area contributed by atoms with Crippen molar-refractivity contribution >= 4 is 35.1 Å². The number of methoxy groups -OCH3 is 1. The number of ether oxygens (including phenoxy) is 1. The Morgan fingerprint density at radius 2 is 2.14 bits per heavy atom. The molecular formula is C19H18ClN3O5. The van der Waals surface area contributed by atoms with Gasteiger partial charge in [0.15, 0.2) is 5.76 Å². The van der Waals surface area contributed by atoms with Gasteiger partial charge in [0, 0.05) is 17.6 Å². The lowest BCUT2D eigenvalue weighted by Gasteiger charge is -2.32. The van der Waals surface area contributed by atoms with Gasteiger partial charge in [-0.05, 0) is 43.2 Å². The van der Waals surface area contributed by atoms with E-state index in [0.29, 0.717) is 35.8 Å². The topological polar surface area (TPSA) is 92.1 Å². The van der Waals surface area contributed by atoms with Crippen LogP contribution in [0.3, 0.4) is 0 Å². The van der Waals surface area contributed by atoms with Crippen LogP contribution in [0.25, 0.3) is 0 Å². The zero-order valence-corrected chi connectivity index (χ0v) is 15.8. The van der Waals surface area contributed by atoms with Gasteiger partial charge < -0.3 is 19.4 Å². The number of rotatable bonds is 4. The zero-order valence-electron chi connectivity index (χ0n) is 15.1. The summed E-state index contributed by atoms with van der Waals surface area (Å²) in [6.07, 6.45) is 2.30. The van der Waals surface area contributed by atoms with Gasteiger partial charge in [0.1, 0.15) is 11.8 Å². The molecule has 1 aromatic heterocycles. The molecule has 2 fully saturated rings. The number of hydrogen-bond donors (Lipinski definition) is 1. The van der Waals surface area contributed by atoms with E-state index in [-0.39, 0.29) is 23.6 Å². The van der Waals surface area contributed by atoms with Crippen molar-refractivity contribution in [2.75, 3.05) is 18.6 Å². The number of amides is 4. The fourth-order valence-corrected chi connectivity index (χ4v) is 3.82. The van der Waals surface area contributed by atoms with Gasteiger partial charge >= 0.3 is 6.03 Å². The van der Waals surface area contributed by atoms with Gasteiger partial charge in [-0.25, -0.2) is 9.69 Å². The molecule has 0 saturated carbocycles. The Balaban J connectivity index is 1.54. The largest absolute Gasteiger partial charge is 0.495 e. The van der Waals surface area contributed by atoms with Gasteiger partial charge in [-0.2, -0.15) is 0 Å². The Hall–Kier alpha value is -3.00. The highest BCUT2D eigenvalue weighted by atomic mass is 35.5. The molecule has 2 atom stereocenters. The summed E-state index contributed by atoms with van der Waals surface area (Å²) in [7, 11) is 1.46. The molecule has 4 rings (SSSR count). The van der Waals surface area contributed by atoms with Crippen LogP contribution in [0.4, 0.5) is 10.5 Å². The van der Waals surface area contributed by atoms with Crippen molar-refractivity contribution in [2.24, 2.45) is 0 Å². The fourth-order valence-electron chi connectivity index (χ4n) is 3.66. The van der Waals surface area contributed by atoms with Crippen molar-refractivity contribution in [2.45, 2.75) is 24.9 Å². The van der Waals surface area contributed by atoms with E-state index in [1.807, 2.05) is 0 Å². The van der Waals surface area contributed by atoms with Crippen LogP contribution in [0, 0.1) is 0 Å². The summed E-state index contributed by atoms with van der Waals surface area (Å²) < 4.78 is 10.4. The molecule has 2 aliphatic heterocycles. The summed E-state index contributed by atoms with van der Waals surface area (Å²) in [6, 6.07) is 6.68. The predicted molar refractivity (Wildman–Crippen MR) is 101 cm³/mol. The second-order valence-electron chi connectivity index (χ2n) is 6.65. The summed E-state index contributed by atoms with van der Waals surface area (Å²) in [5.41, 5.74) is 0.315. The van der Waals surface area contributed by atoms with E-state index in [4.69, 9.17) is 20.8 Å². The van der Waals surface area contributed by atoms with Crippen LogP contribution in [0.5, 0.6) is 5.75 Å². The molecule has 0 bridgehead atoms. The molecule has 0 aliphatic carbocycles. The van der Waals surface area contributed by atoms with Gasteiger partial charge in [-0.15, -0.1) is 0 Å². The number of benzene rings is 1. The molecule has 146 valence electrons. The molecule has 0 radical (unpaired) electrons. The SMILES string of the molecule is COc1ccc(Cl)cc1N1C(=O)[C@H]2C[C@@H](NC(=O)c3ccco3)CCN2C1=O. The number of carbonyl (C=O) groups excluding carboxylic acids is 3. The number of carbonyl (C=O) groups is 3. The van der Waals surface area contributed by atoms with Crippen molar-refractivity contribution in [1.82, 2.24) is 10.2 Å². The molecule has 1 aromatic carbocycles. The molecule has 4 amide bonds. The maximum atomic E-state index is 13.0. The number of nitrogens with zero attached hydrogens (tertiary/aromatic N) is 2. The molecule has 9 heteroatoms. The first-order chi connectivity index (χ1) is 13.5. The molecule has 2 aliphatic rings. The predicted octanol–water partition coefficient (Wildman–Crippen LogP) is 2.67. The monoisotopic (exact) mass is 403 g/mol. The number of piperidine rings is 1. The normalized spacial score (nSPS) is 21.6. The van der Waals surface area contributed by atoms with Gasteiger partial charge in [0.25, 0.3) is 11.8 Å². The van der Waals surface area contributed by atoms with E-state index in [0.717, 1.165) is 4.90 Å². The van der Waals surface area contributed by atoms with Crippen molar-refractivity contribution < 1.29 is 23.5 Å². The van der Waals surface area contributed by atoms with Crippen molar-refractivity contribution in [3.63, 3.8) is 0 Å². The first-order valence-corrected chi connectivity index (χ1v) is 9.20. The average molecular weight is 404 g/mol. The molecule has 2 aromatic rings. The van der Waals surface area contributed by atoms with Crippen LogP contribution in [-0.2, 0) is 4.79 Å². The minimum absolute atomic E-state index is 0.210. The van der Waals surface area contributed by atoms with Crippen molar-refractivity contribution in [3.8, 4) is 5.75 Å². The van der Waals surface area contributed by atoms with E-state index in [1.54, 1.807) is 24.3 Å². The summed E-state index contributed by atoms with van der Waals surface area (Å²) in [5.74, 6) is -0.105. The number of furan rings is 1. The highest BCUT2D eigenvalue weighted by Crippen LogP contribution is 2.37. The summed E-state index contributed by atoms with van der Waals surface area (Å²) in [5, 5.41) is 3.26. The third kappa shape index (κ3) is 3.09. The third-order valence-electron chi connectivity index (χ3n) is 5.01. The summed E-state index contributed by atoms with van der Waals surface area (Å²) >= 11 is 6.06. The molecule has 3 heterocycles. The van der Waals surface area contributed by atoms with E-state index >= 15 is 0 Å². The van der Waals surface area contributed by atoms with Crippen LogP contribution >= 0.6 is 11.6 Å². The lowest BCUT2D eigenvalue weighted by molar-refractivity contribution is -0.120. The zero-order chi connectivity index (χ0) is 19.8. The van der Waals surface area contributed by atoms with Crippen LogP contribution in [-0.4, -0.2) is 48.5 Å². The minimum Gasteiger partial charge on any atom is -0.495 e. The summed E-state index contributed by atoms with van der Waals surface area (Å²) in [4.78, 5) is 40.7. The van der Waals surface area contributed by atoms with Crippen LogP contribution < -0.4 is 15.0 Å². The Kier molecular flexibility index (Phi) is 4.72. The molecule has 8 nitrogen and oxygen atoms in total. The van der Waals surface area contributed by atoms with Gasteiger partial charge in [0.2, 0.25) is 0 Å². The minimum atomic E-state index is -0.646. The van der Waals surface area contributed by atoms with Crippen LogP contribution in [0.2, 0.25) is 5.02 Å². The van der Waals surface area contributed by atoms with E-state index in [1.165, 1.54) is 24.3 Å². The quantitative estimate of drug-likeness (QED) is 0.792. The number of hydrogen-bond acceptors (Lipinski definition) is 5. The molecule has 0 unspecified atom stereocenters. The first-order valence-electron chi connectivity index (χ1n) is 8.82. The summed E-state index contributed by atoms with van der Waals surface area (Å²) in [6.45, 7) is 0.359. The number of anilines is 1. The number of halogens is 1. The molecule has 28 heavy (non-hydrogen) atoms. The third-order valence-corrected chi connectivity index (χ3v) is 5.24. The second-order valence-corrected chi connectivity index (χ2v) is 7.09. The molecular weight excluding hydrogens is 386 g/mol. The number of urea groups is 1. The average Bonchev–Trinajstić information content (AvgIpc) is 3.30. The number of nitrogens with one attached hydrogen (secondary N) is 1. The Morgan fingerprint density at radius 3 is 2.86 bits per heavy atom. The maximum absolute atomic E-state index is 13.0. The van der Waals surface area contributed by atoms with Crippen molar-refractivity contribution in [1.29, 1.82) is 0 Å². The van der Waals surface area contributed by atoms with Crippen LogP contribution in [0.15, 0.2) is 41.0 Å². The van der Waals surface area contributed by atoms with E-state index in [2.05, 4.69) is 5.32 Å². The number of imide groups is 1. The Labute approximate surface area is 166 Å². The maximum Gasteiger partial charge on any atom is 0.332 e.